The van der Waals surface area contributed by atoms with Crippen LogP contribution in [-0.4, -0.2) is 0 Å². The number of halogens is 3. The maximum Gasteiger partial charge on any atom is 0.124 e. The number of benzene rings is 2. The molecule has 0 amide bonds. The molecule has 2 aromatic rings. The minimum absolute atomic E-state index is 0.256. The molecule has 0 unspecified atom stereocenters. The van der Waals surface area contributed by atoms with E-state index in [-0.39, 0.29) is 11.6 Å². The third kappa shape index (κ3) is 3.54. The van der Waals surface area contributed by atoms with Crippen LogP contribution in [-0.2, 0) is 5.75 Å². The summed E-state index contributed by atoms with van der Waals surface area (Å²) in [4.78, 5) is 0.834. The lowest BCUT2D eigenvalue weighted by Gasteiger charge is -2.05. The van der Waals surface area contributed by atoms with Crippen LogP contribution in [0.25, 0.3) is 0 Å². The molecule has 0 aromatic heterocycles. The second kappa shape index (κ2) is 5.65. The van der Waals surface area contributed by atoms with Gasteiger partial charge in [-0.2, -0.15) is 0 Å². The van der Waals surface area contributed by atoms with Gasteiger partial charge in [0.25, 0.3) is 0 Å². The summed E-state index contributed by atoms with van der Waals surface area (Å²) in [7, 11) is 0. The van der Waals surface area contributed by atoms with Crippen LogP contribution >= 0.6 is 27.7 Å². The second-order valence-corrected chi connectivity index (χ2v) is 5.38. The largest absolute Gasteiger partial charge is 0.207 e. The van der Waals surface area contributed by atoms with E-state index in [1.54, 1.807) is 12.1 Å². The zero-order chi connectivity index (χ0) is 12.3. The Bertz CT molecular complexity index is 529. The lowest BCUT2D eigenvalue weighted by atomic mass is 10.2. The smallest absolute Gasteiger partial charge is 0.124 e. The molecule has 0 atom stereocenters. The Kier molecular flexibility index (Phi) is 4.18. The van der Waals surface area contributed by atoms with Gasteiger partial charge in [-0.25, -0.2) is 8.78 Å². The zero-order valence-electron chi connectivity index (χ0n) is 8.79. The molecule has 0 saturated heterocycles. The number of rotatable bonds is 3. The van der Waals surface area contributed by atoms with Gasteiger partial charge in [0.05, 0.1) is 0 Å². The molecular formula is C13H9BrF2S. The standard InChI is InChI=1S/C13H9BrF2S/c14-13-5-4-11(16)6-9(13)8-17-12-3-1-2-10(15)7-12/h1-7H,8H2. The predicted molar refractivity (Wildman–Crippen MR) is 70.1 cm³/mol. The molecule has 0 N–H and O–H groups in total. The van der Waals surface area contributed by atoms with Crippen LogP contribution in [0.5, 0.6) is 0 Å². The molecule has 0 radical (unpaired) electrons. The predicted octanol–water partition coefficient (Wildman–Crippen LogP) is 5.02. The summed E-state index contributed by atoms with van der Waals surface area (Å²) < 4.78 is 26.9. The van der Waals surface area contributed by atoms with E-state index >= 15 is 0 Å². The average Bonchev–Trinajstić information content (AvgIpc) is 2.30. The third-order valence-electron chi connectivity index (χ3n) is 2.20. The molecular weight excluding hydrogens is 306 g/mol. The summed E-state index contributed by atoms with van der Waals surface area (Å²) in [5, 5.41) is 0. The van der Waals surface area contributed by atoms with Crippen molar-refractivity contribution in [2.45, 2.75) is 10.6 Å². The highest BCUT2D eigenvalue weighted by Gasteiger charge is 2.03. The minimum Gasteiger partial charge on any atom is -0.207 e. The lowest BCUT2D eigenvalue weighted by Crippen LogP contribution is -1.85. The van der Waals surface area contributed by atoms with Crippen molar-refractivity contribution in [1.29, 1.82) is 0 Å². The maximum absolute atomic E-state index is 13.0. The summed E-state index contributed by atoms with van der Waals surface area (Å²) in [6.07, 6.45) is 0. The molecule has 2 rings (SSSR count). The Morgan fingerprint density at radius 3 is 2.53 bits per heavy atom. The van der Waals surface area contributed by atoms with E-state index in [0.29, 0.717) is 5.75 Å². The summed E-state index contributed by atoms with van der Waals surface area (Å²) in [5.74, 6) is 0.0817. The third-order valence-corrected chi connectivity index (χ3v) is 4.01. The van der Waals surface area contributed by atoms with E-state index in [4.69, 9.17) is 0 Å². The number of hydrogen-bond acceptors (Lipinski definition) is 1. The van der Waals surface area contributed by atoms with Gasteiger partial charge in [-0.3, -0.25) is 0 Å². The maximum atomic E-state index is 13.0. The van der Waals surface area contributed by atoms with E-state index < -0.39 is 0 Å². The second-order valence-electron chi connectivity index (χ2n) is 3.48. The zero-order valence-corrected chi connectivity index (χ0v) is 11.2. The molecule has 0 bridgehead atoms. The number of hydrogen-bond donors (Lipinski definition) is 0. The van der Waals surface area contributed by atoms with Crippen molar-refractivity contribution < 1.29 is 8.78 Å². The molecule has 4 heteroatoms. The van der Waals surface area contributed by atoms with Crippen LogP contribution in [0.4, 0.5) is 8.78 Å². The monoisotopic (exact) mass is 314 g/mol. The molecule has 0 nitrogen and oxygen atoms in total. The summed E-state index contributed by atoms with van der Waals surface area (Å²) in [6.45, 7) is 0. The molecule has 17 heavy (non-hydrogen) atoms. The van der Waals surface area contributed by atoms with Crippen molar-refractivity contribution in [3.63, 3.8) is 0 Å². The lowest BCUT2D eigenvalue weighted by molar-refractivity contribution is 0.624. The molecule has 0 aliphatic heterocycles. The summed E-state index contributed by atoms with van der Waals surface area (Å²) in [6, 6.07) is 10.9. The van der Waals surface area contributed by atoms with Gasteiger partial charge in [-0.1, -0.05) is 22.0 Å². The molecule has 0 saturated carbocycles. The van der Waals surface area contributed by atoms with E-state index in [9.17, 15) is 8.78 Å². The van der Waals surface area contributed by atoms with Gasteiger partial charge in [-0.05, 0) is 42.0 Å². The first kappa shape index (κ1) is 12.6. The van der Waals surface area contributed by atoms with Crippen LogP contribution in [0.2, 0.25) is 0 Å². The van der Waals surface area contributed by atoms with Gasteiger partial charge < -0.3 is 0 Å². The van der Waals surface area contributed by atoms with Crippen molar-refractivity contribution in [3.05, 3.63) is 64.1 Å². The SMILES string of the molecule is Fc1cccc(SCc2cc(F)ccc2Br)c1. The topological polar surface area (TPSA) is 0 Å². The molecule has 0 aliphatic rings. The van der Waals surface area contributed by atoms with Crippen LogP contribution in [0.15, 0.2) is 51.8 Å². The Hall–Kier alpha value is -0.870. The highest BCUT2D eigenvalue weighted by atomic mass is 79.9. The molecule has 0 aliphatic carbocycles. The van der Waals surface area contributed by atoms with E-state index in [1.807, 2.05) is 6.07 Å². The Balaban J connectivity index is 2.09. The Morgan fingerprint density at radius 2 is 1.76 bits per heavy atom. The highest BCUT2D eigenvalue weighted by Crippen LogP contribution is 2.27. The molecule has 0 spiro atoms. The fourth-order valence-corrected chi connectivity index (χ4v) is 2.88. The Morgan fingerprint density at radius 1 is 1.00 bits per heavy atom. The van der Waals surface area contributed by atoms with Crippen LogP contribution in [0.3, 0.4) is 0 Å². The van der Waals surface area contributed by atoms with Crippen molar-refractivity contribution >= 4 is 27.7 Å². The van der Waals surface area contributed by atoms with Crippen molar-refractivity contribution in [2.75, 3.05) is 0 Å². The first-order valence-corrected chi connectivity index (χ1v) is 6.75. The molecule has 88 valence electrons. The van der Waals surface area contributed by atoms with Gasteiger partial charge in [0, 0.05) is 15.1 Å². The highest BCUT2D eigenvalue weighted by molar-refractivity contribution is 9.10. The molecule has 0 fully saturated rings. The Labute approximate surface area is 111 Å². The minimum atomic E-state index is -0.261. The summed E-state index contributed by atoms with van der Waals surface area (Å²) in [5.41, 5.74) is 0.860. The van der Waals surface area contributed by atoms with Gasteiger partial charge >= 0.3 is 0 Å². The quantitative estimate of drug-likeness (QED) is 0.717. The normalized spacial score (nSPS) is 10.5. The first-order valence-electron chi connectivity index (χ1n) is 4.97. The van der Waals surface area contributed by atoms with Gasteiger partial charge in [-0.15, -0.1) is 11.8 Å². The van der Waals surface area contributed by atoms with Crippen LogP contribution in [0.1, 0.15) is 5.56 Å². The van der Waals surface area contributed by atoms with E-state index in [0.717, 1.165) is 14.9 Å². The van der Waals surface area contributed by atoms with Crippen molar-refractivity contribution in [2.24, 2.45) is 0 Å². The van der Waals surface area contributed by atoms with Crippen molar-refractivity contribution in [3.8, 4) is 0 Å². The van der Waals surface area contributed by atoms with Crippen molar-refractivity contribution in [1.82, 2.24) is 0 Å². The van der Waals surface area contributed by atoms with E-state index in [2.05, 4.69) is 15.9 Å². The van der Waals surface area contributed by atoms with Crippen LogP contribution < -0.4 is 0 Å². The van der Waals surface area contributed by atoms with Gasteiger partial charge in [0.2, 0.25) is 0 Å². The fourth-order valence-electron chi connectivity index (χ4n) is 1.37. The average molecular weight is 315 g/mol. The van der Waals surface area contributed by atoms with Gasteiger partial charge in [0.15, 0.2) is 0 Å². The fraction of sp³-hybridized carbons (Fsp3) is 0.0769. The number of thioether (sulfide) groups is 1. The van der Waals surface area contributed by atoms with E-state index in [1.165, 1.54) is 36.0 Å². The molecule has 0 heterocycles. The molecule has 2 aromatic carbocycles. The summed E-state index contributed by atoms with van der Waals surface area (Å²) >= 11 is 4.84. The van der Waals surface area contributed by atoms with Crippen LogP contribution in [0, 0.1) is 11.6 Å². The first-order chi connectivity index (χ1) is 8.15. The van der Waals surface area contributed by atoms with Gasteiger partial charge in [0.1, 0.15) is 11.6 Å².